The summed E-state index contributed by atoms with van der Waals surface area (Å²) in [4.78, 5) is 3.82. The SMILES string of the molecule is O=S(=O)(NCCc1ncon1)c1ccc(CNC2CC2)o1. The van der Waals surface area contributed by atoms with Crippen molar-refractivity contribution in [1.29, 1.82) is 0 Å². The van der Waals surface area contributed by atoms with Crippen LogP contribution < -0.4 is 10.0 Å². The molecular weight excluding hydrogens is 296 g/mol. The van der Waals surface area contributed by atoms with E-state index in [9.17, 15) is 8.42 Å². The molecule has 114 valence electrons. The Kier molecular flexibility index (Phi) is 4.04. The predicted molar refractivity (Wildman–Crippen MR) is 71.8 cm³/mol. The number of sulfonamides is 1. The Bertz CT molecular complexity index is 676. The lowest BCUT2D eigenvalue weighted by Gasteiger charge is -2.02. The van der Waals surface area contributed by atoms with Crippen molar-refractivity contribution in [2.45, 2.75) is 36.9 Å². The standard InChI is InChI=1S/C12H16N4O4S/c17-21(18,15-6-5-11-14-8-19-16-11)12-4-3-10(20-12)7-13-9-1-2-9/h3-4,8-9,13,15H,1-2,5-7H2. The van der Waals surface area contributed by atoms with E-state index in [0.717, 1.165) is 0 Å². The molecule has 1 aliphatic carbocycles. The fourth-order valence-electron chi connectivity index (χ4n) is 1.80. The average molecular weight is 312 g/mol. The van der Waals surface area contributed by atoms with Gasteiger partial charge < -0.3 is 14.3 Å². The summed E-state index contributed by atoms with van der Waals surface area (Å²) in [6.07, 6.45) is 3.90. The van der Waals surface area contributed by atoms with Crippen LogP contribution in [0, 0.1) is 0 Å². The number of nitrogens with zero attached hydrogens (tertiary/aromatic N) is 2. The van der Waals surface area contributed by atoms with Crippen molar-refractivity contribution in [3.63, 3.8) is 0 Å². The topological polar surface area (TPSA) is 110 Å². The van der Waals surface area contributed by atoms with Gasteiger partial charge in [0.25, 0.3) is 10.0 Å². The maximum absolute atomic E-state index is 12.0. The third kappa shape index (κ3) is 3.90. The van der Waals surface area contributed by atoms with Crippen LogP contribution in [0.1, 0.15) is 24.4 Å². The van der Waals surface area contributed by atoms with Gasteiger partial charge in [-0.15, -0.1) is 0 Å². The summed E-state index contributed by atoms with van der Waals surface area (Å²) < 4.78 is 36.4. The largest absolute Gasteiger partial charge is 0.447 e. The highest BCUT2D eigenvalue weighted by Crippen LogP contribution is 2.20. The molecule has 21 heavy (non-hydrogen) atoms. The van der Waals surface area contributed by atoms with Crippen molar-refractivity contribution in [3.8, 4) is 0 Å². The summed E-state index contributed by atoms with van der Waals surface area (Å²) in [5, 5.41) is 6.79. The van der Waals surface area contributed by atoms with Gasteiger partial charge in [-0.2, -0.15) is 4.98 Å². The van der Waals surface area contributed by atoms with E-state index in [-0.39, 0.29) is 11.6 Å². The molecule has 9 heteroatoms. The molecule has 0 aliphatic heterocycles. The van der Waals surface area contributed by atoms with Crippen LogP contribution in [0.25, 0.3) is 0 Å². The van der Waals surface area contributed by atoms with Crippen LogP contribution in [0.3, 0.4) is 0 Å². The van der Waals surface area contributed by atoms with Gasteiger partial charge in [0.15, 0.2) is 5.82 Å². The van der Waals surface area contributed by atoms with Gasteiger partial charge in [-0.3, -0.25) is 0 Å². The molecule has 0 amide bonds. The van der Waals surface area contributed by atoms with Crippen LogP contribution in [-0.2, 0) is 23.0 Å². The molecule has 2 aromatic rings. The number of aromatic nitrogens is 2. The van der Waals surface area contributed by atoms with Crippen LogP contribution in [0.4, 0.5) is 0 Å². The molecule has 2 heterocycles. The fraction of sp³-hybridized carbons (Fsp3) is 0.500. The number of hydrogen-bond acceptors (Lipinski definition) is 7. The zero-order valence-electron chi connectivity index (χ0n) is 11.3. The Labute approximate surface area is 122 Å². The quantitative estimate of drug-likeness (QED) is 0.727. The van der Waals surface area contributed by atoms with E-state index in [0.29, 0.717) is 30.6 Å². The van der Waals surface area contributed by atoms with E-state index in [1.54, 1.807) is 6.07 Å². The summed E-state index contributed by atoms with van der Waals surface area (Å²) >= 11 is 0. The minimum atomic E-state index is -3.65. The van der Waals surface area contributed by atoms with E-state index in [4.69, 9.17) is 4.42 Å². The average Bonchev–Trinajstić information content (AvgIpc) is 2.93. The molecular formula is C12H16N4O4S. The van der Waals surface area contributed by atoms with Crippen molar-refractivity contribution in [2.75, 3.05) is 6.54 Å². The molecule has 0 unspecified atom stereocenters. The highest BCUT2D eigenvalue weighted by atomic mass is 32.2. The second-order valence-electron chi connectivity index (χ2n) is 4.87. The van der Waals surface area contributed by atoms with Crippen LogP contribution in [-0.4, -0.2) is 31.1 Å². The molecule has 0 saturated heterocycles. The van der Waals surface area contributed by atoms with Crippen molar-refractivity contribution in [3.05, 3.63) is 30.1 Å². The molecule has 8 nitrogen and oxygen atoms in total. The lowest BCUT2D eigenvalue weighted by molar-refractivity contribution is 0.398. The van der Waals surface area contributed by atoms with Crippen molar-refractivity contribution in [2.24, 2.45) is 0 Å². The summed E-state index contributed by atoms with van der Waals surface area (Å²) in [6, 6.07) is 3.67. The van der Waals surface area contributed by atoms with Crippen molar-refractivity contribution >= 4 is 10.0 Å². The van der Waals surface area contributed by atoms with Gasteiger partial charge in [-0.05, 0) is 25.0 Å². The first-order valence-corrected chi connectivity index (χ1v) is 8.19. The van der Waals surface area contributed by atoms with Gasteiger partial charge in [-0.1, -0.05) is 5.16 Å². The van der Waals surface area contributed by atoms with Crippen LogP contribution in [0.2, 0.25) is 0 Å². The molecule has 0 spiro atoms. The Morgan fingerprint density at radius 2 is 2.19 bits per heavy atom. The van der Waals surface area contributed by atoms with E-state index in [1.165, 1.54) is 25.3 Å². The van der Waals surface area contributed by atoms with E-state index in [1.807, 2.05) is 0 Å². The number of nitrogens with one attached hydrogen (secondary N) is 2. The molecule has 2 aromatic heterocycles. The highest BCUT2D eigenvalue weighted by Gasteiger charge is 2.22. The molecule has 1 aliphatic rings. The summed E-state index contributed by atoms with van der Waals surface area (Å²) in [6.45, 7) is 0.723. The monoisotopic (exact) mass is 312 g/mol. The Morgan fingerprint density at radius 1 is 1.33 bits per heavy atom. The molecule has 0 atom stereocenters. The Morgan fingerprint density at radius 3 is 2.90 bits per heavy atom. The first-order chi connectivity index (χ1) is 10.1. The first kappa shape index (κ1) is 14.2. The van der Waals surface area contributed by atoms with Gasteiger partial charge in [-0.25, -0.2) is 13.1 Å². The van der Waals surface area contributed by atoms with Gasteiger partial charge in [0, 0.05) is 19.0 Å². The Balaban J connectivity index is 1.53. The number of furan rings is 1. The second kappa shape index (κ2) is 5.96. The summed E-state index contributed by atoms with van der Waals surface area (Å²) in [7, 11) is -3.65. The highest BCUT2D eigenvalue weighted by molar-refractivity contribution is 7.89. The Hall–Kier alpha value is -1.71. The smallest absolute Gasteiger partial charge is 0.273 e. The predicted octanol–water partition coefficient (Wildman–Crippen LogP) is 0.436. The fourth-order valence-corrected chi connectivity index (χ4v) is 2.78. The maximum atomic E-state index is 12.0. The first-order valence-electron chi connectivity index (χ1n) is 6.70. The molecule has 2 N–H and O–H groups in total. The lowest BCUT2D eigenvalue weighted by atomic mass is 10.4. The van der Waals surface area contributed by atoms with Gasteiger partial charge in [0.05, 0.1) is 6.54 Å². The summed E-state index contributed by atoms with van der Waals surface area (Å²) in [5.41, 5.74) is 0. The van der Waals surface area contributed by atoms with E-state index >= 15 is 0 Å². The lowest BCUT2D eigenvalue weighted by Crippen LogP contribution is -2.26. The minimum Gasteiger partial charge on any atom is -0.447 e. The van der Waals surface area contributed by atoms with E-state index in [2.05, 4.69) is 24.7 Å². The number of hydrogen-bond donors (Lipinski definition) is 2. The molecule has 1 saturated carbocycles. The maximum Gasteiger partial charge on any atom is 0.273 e. The molecule has 3 rings (SSSR count). The van der Waals surface area contributed by atoms with Crippen LogP contribution in [0.5, 0.6) is 0 Å². The van der Waals surface area contributed by atoms with Gasteiger partial charge in [0.2, 0.25) is 11.5 Å². The van der Waals surface area contributed by atoms with E-state index < -0.39 is 10.0 Å². The molecule has 0 aromatic carbocycles. The molecule has 0 radical (unpaired) electrons. The third-order valence-electron chi connectivity index (χ3n) is 3.09. The van der Waals surface area contributed by atoms with Crippen LogP contribution in [0.15, 0.2) is 32.6 Å². The zero-order valence-corrected chi connectivity index (χ0v) is 12.1. The zero-order chi connectivity index (χ0) is 14.7. The minimum absolute atomic E-state index is 0.0804. The normalized spacial score (nSPS) is 15.4. The molecule has 0 bridgehead atoms. The van der Waals surface area contributed by atoms with Crippen molar-refractivity contribution < 1.29 is 17.4 Å². The van der Waals surface area contributed by atoms with Crippen molar-refractivity contribution in [1.82, 2.24) is 20.2 Å². The molecule has 1 fully saturated rings. The second-order valence-corrected chi connectivity index (χ2v) is 6.57. The van der Waals surface area contributed by atoms with Gasteiger partial charge >= 0.3 is 0 Å². The number of rotatable bonds is 8. The third-order valence-corrected chi connectivity index (χ3v) is 4.43. The van der Waals surface area contributed by atoms with Gasteiger partial charge in [0.1, 0.15) is 5.76 Å². The summed E-state index contributed by atoms with van der Waals surface area (Å²) in [5.74, 6) is 1.06. The van der Waals surface area contributed by atoms with Crippen LogP contribution >= 0.6 is 0 Å².